The maximum absolute atomic E-state index is 12.7. The van der Waals surface area contributed by atoms with Crippen LogP contribution in [0.15, 0.2) is 82.9 Å². The first-order chi connectivity index (χ1) is 14.0. The largest absolute Gasteiger partial charge is 0.317 e. The molecule has 0 aliphatic heterocycles. The van der Waals surface area contributed by atoms with E-state index in [2.05, 4.69) is 15.8 Å². The van der Waals surface area contributed by atoms with Crippen LogP contribution in [0.3, 0.4) is 0 Å². The summed E-state index contributed by atoms with van der Waals surface area (Å²) < 4.78 is 0. The first-order valence-corrected chi connectivity index (χ1v) is 9.94. The first kappa shape index (κ1) is 20.2. The molecule has 1 aromatic heterocycles. The molecule has 1 heterocycles. The molecule has 5 nitrogen and oxygen atoms in total. The van der Waals surface area contributed by atoms with Gasteiger partial charge in [0, 0.05) is 10.4 Å². The third-order valence-electron chi connectivity index (χ3n) is 4.15. The third kappa shape index (κ3) is 5.73. The van der Waals surface area contributed by atoms with Crippen LogP contribution in [0.2, 0.25) is 0 Å². The van der Waals surface area contributed by atoms with Crippen LogP contribution in [0.4, 0.5) is 0 Å². The molecular weight excluding hydrogens is 382 g/mol. The Morgan fingerprint density at radius 3 is 2.31 bits per heavy atom. The van der Waals surface area contributed by atoms with Crippen LogP contribution >= 0.6 is 11.3 Å². The lowest BCUT2D eigenvalue weighted by molar-refractivity contribution is -0.117. The molecule has 3 aromatic rings. The number of nitrogens with zero attached hydrogens (tertiary/aromatic N) is 1. The van der Waals surface area contributed by atoms with Crippen molar-refractivity contribution in [1.29, 1.82) is 0 Å². The highest BCUT2D eigenvalue weighted by molar-refractivity contribution is 7.10. The number of rotatable bonds is 6. The predicted molar refractivity (Wildman–Crippen MR) is 118 cm³/mol. The molecule has 0 aliphatic rings. The van der Waals surface area contributed by atoms with Gasteiger partial charge in [-0.2, -0.15) is 5.10 Å². The Morgan fingerprint density at radius 2 is 1.66 bits per heavy atom. The van der Waals surface area contributed by atoms with Gasteiger partial charge in [0.1, 0.15) is 5.70 Å². The molecule has 0 unspecified atom stereocenters. The topological polar surface area (TPSA) is 70.6 Å². The molecule has 2 N–H and O–H groups in total. The minimum Gasteiger partial charge on any atom is -0.317 e. The smallest absolute Gasteiger partial charge is 0.287 e. The van der Waals surface area contributed by atoms with E-state index in [0.29, 0.717) is 11.3 Å². The molecule has 6 heteroatoms. The van der Waals surface area contributed by atoms with Gasteiger partial charge in [0.2, 0.25) is 0 Å². The Labute approximate surface area is 173 Å². The quantitative estimate of drug-likeness (QED) is 0.365. The van der Waals surface area contributed by atoms with Crippen molar-refractivity contribution >= 4 is 34.9 Å². The van der Waals surface area contributed by atoms with Crippen LogP contribution in [0.1, 0.15) is 33.3 Å². The highest BCUT2D eigenvalue weighted by Gasteiger charge is 2.14. The van der Waals surface area contributed by atoms with E-state index >= 15 is 0 Å². The molecule has 29 heavy (non-hydrogen) atoms. The van der Waals surface area contributed by atoms with Crippen LogP contribution in [0, 0.1) is 6.92 Å². The summed E-state index contributed by atoms with van der Waals surface area (Å²) in [4.78, 5) is 26.1. The number of thiophene rings is 1. The van der Waals surface area contributed by atoms with E-state index in [1.54, 1.807) is 30.3 Å². The average Bonchev–Trinajstić information content (AvgIpc) is 3.25. The molecule has 2 aromatic carbocycles. The molecular formula is C23H21N3O2S. The van der Waals surface area contributed by atoms with Gasteiger partial charge < -0.3 is 5.32 Å². The summed E-state index contributed by atoms with van der Waals surface area (Å²) in [6, 6.07) is 20.4. The molecule has 0 radical (unpaired) electrons. The fourth-order valence-corrected chi connectivity index (χ4v) is 3.17. The van der Waals surface area contributed by atoms with Crippen molar-refractivity contribution in [1.82, 2.24) is 10.7 Å². The van der Waals surface area contributed by atoms with Gasteiger partial charge in [-0.1, -0.05) is 54.1 Å². The fourth-order valence-electron chi connectivity index (χ4n) is 2.51. The molecule has 0 fully saturated rings. The molecule has 0 atom stereocenters. The van der Waals surface area contributed by atoms with Crippen LogP contribution < -0.4 is 10.7 Å². The summed E-state index contributed by atoms with van der Waals surface area (Å²) in [6.07, 6.45) is 1.64. The lowest BCUT2D eigenvalue weighted by Gasteiger charge is -2.09. The number of benzene rings is 2. The van der Waals surface area contributed by atoms with Gasteiger partial charge in [0.25, 0.3) is 11.8 Å². The third-order valence-corrected chi connectivity index (χ3v) is 4.97. The zero-order valence-corrected chi connectivity index (χ0v) is 17.0. The maximum atomic E-state index is 12.7. The first-order valence-electron chi connectivity index (χ1n) is 9.06. The molecule has 0 saturated carbocycles. The summed E-state index contributed by atoms with van der Waals surface area (Å²) in [7, 11) is 0. The molecule has 0 bridgehead atoms. The van der Waals surface area contributed by atoms with Crippen molar-refractivity contribution in [3.05, 3.63) is 99.4 Å². The summed E-state index contributed by atoms with van der Waals surface area (Å²) in [5, 5.41) is 8.78. The number of hydrogen-bond acceptors (Lipinski definition) is 4. The van der Waals surface area contributed by atoms with Gasteiger partial charge in [-0.25, -0.2) is 5.43 Å². The minimum atomic E-state index is -0.492. The van der Waals surface area contributed by atoms with E-state index in [-0.39, 0.29) is 11.6 Å². The average molecular weight is 404 g/mol. The summed E-state index contributed by atoms with van der Waals surface area (Å²) in [5.41, 5.74) is 5.86. The number of hydrazone groups is 1. The molecule has 0 saturated heterocycles. The van der Waals surface area contributed by atoms with E-state index < -0.39 is 5.91 Å². The Balaban J connectivity index is 1.78. The highest BCUT2D eigenvalue weighted by Crippen LogP contribution is 2.13. The van der Waals surface area contributed by atoms with E-state index in [9.17, 15) is 9.59 Å². The number of amides is 2. The maximum Gasteiger partial charge on any atom is 0.287 e. The Hall–Kier alpha value is -3.51. The lowest BCUT2D eigenvalue weighted by Crippen LogP contribution is -2.33. The second-order valence-corrected chi connectivity index (χ2v) is 7.38. The number of nitrogens with one attached hydrogen (secondary N) is 2. The zero-order valence-electron chi connectivity index (χ0n) is 16.2. The Bertz CT molecular complexity index is 1040. The molecule has 146 valence electrons. The standard InChI is InChI=1S/C23H21N3O2S/c1-16-10-12-18(13-11-16)17(2)25-26-23(28)21(15-20-9-6-14-29-20)24-22(27)19-7-4-3-5-8-19/h3-15H,1-2H3,(H,24,27)(H,26,28)/b21-15+,25-17-. The van der Waals surface area contributed by atoms with Crippen molar-refractivity contribution in [2.45, 2.75) is 13.8 Å². The second kappa shape index (κ2) is 9.61. The molecule has 3 rings (SSSR count). The van der Waals surface area contributed by atoms with Crippen molar-refractivity contribution < 1.29 is 9.59 Å². The molecule has 0 aliphatic carbocycles. The van der Waals surface area contributed by atoms with Crippen LogP contribution in [0.5, 0.6) is 0 Å². The zero-order chi connectivity index (χ0) is 20.6. The monoisotopic (exact) mass is 403 g/mol. The van der Waals surface area contributed by atoms with Crippen molar-refractivity contribution in [3.8, 4) is 0 Å². The van der Waals surface area contributed by atoms with Crippen LogP contribution in [0.25, 0.3) is 6.08 Å². The van der Waals surface area contributed by atoms with Gasteiger partial charge in [0.05, 0.1) is 5.71 Å². The lowest BCUT2D eigenvalue weighted by atomic mass is 10.1. The van der Waals surface area contributed by atoms with Crippen LogP contribution in [-0.2, 0) is 4.79 Å². The Morgan fingerprint density at radius 1 is 0.931 bits per heavy atom. The number of carbonyl (C=O) groups excluding carboxylic acids is 2. The highest BCUT2D eigenvalue weighted by atomic mass is 32.1. The van der Waals surface area contributed by atoms with Gasteiger partial charge in [-0.05, 0) is 49.1 Å². The van der Waals surface area contributed by atoms with Gasteiger partial charge in [-0.15, -0.1) is 11.3 Å². The number of aryl methyl sites for hydroxylation is 1. The van der Waals surface area contributed by atoms with Gasteiger partial charge in [-0.3, -0.25) is 9.59 Å². The Kier molecular flexibility index (Phi) is 6.71. The van der Waals surface area contributed by atoms with E-state index in [4.69, 9.17) is 0 Å². The summed E-state index contributed by atoms with van der Waals surface area (Å²) >= 11 is 1.47. The normalized spacial score (nSPS) is 11.8. The van der Waals surface area contributed by atoms with Gasteiger partial charge in [0.15, 0.2) is 0 Å². The number of hydrogen-bond donors (Lipinski definition) is 2. The predicted octanol–water partition coefficient (Wildman–Crippen LogP) is 4.37. The SMILES string of the molecule is C/C(=N/NC(=O)/C(=C\c1cccs1)NC(=O)c1ccccc1)c1ccc(C)cc1. The molecule has 2 amide bonds. The molecule has 0 spiro atoms. The van der Waals surface area contributed by atoms with E-state index in [0.717, 1.165) is 16.0 Å². The summed E-state index contributed by atoms with van der Waals surface area (Å²) in [6.45, 7) is 3.82. The van der Waals surface area contributed by atoms with Gasteiger partial charge >= 0.3 is 0 Å². The summed E-state index contributed by atoms with van der Waals surface area (Å²) in [5.74, 6) is -0.850. The van der Waals surface area contributed by atoms with E-state index in [1.807, 2.05) is 61.7 Å². The van der Waals surface area contributed by atoms with Crippen molar-refractivity contribution in [3.63, 3.8) is 0 Å². The minimum absolute atomic E-state index is 0.127. The van der Waals surface area contributed by atoms with Crippen molar-refractivity contribution in [2.75, 3.05) is 0 Å². The van der Waals surface area contributed by atoms with Crippen LogP contribution in [-0.4, -0.2) is 17.5 Å². The fraction of sp³-hybridized carbons (Fsp3) is 0.0870. The van der Waals surface area contributed by atoms with Crippen molar-refractivity contribution in [2.24, 2.45) is 5.10 Å². The number of carbonyl (C=O) groups is 2. The second-order valence-electron chi connectivity index (χ2n) is 6.40. The van der Waals surface area contributed by atoms with E-state index in [1.165, 1.54) is 11.3 Å².